The zero-order valence-corrected chi connectivity index (χ0v) is 19.3. The van der Waals surface area contributed by atoms with Crippen LogP contribution in [0.15, 0.2) is 84.0 Å². The van der Waals surface area contributed by atoms with E-state index < -0.39 is 36.0 Å². The molecule has 1 aliphatic rings. The summed E-state index contributed by atoms with van der Waals surface area (Å²) in [5, 5.41) is 15.4. The van der Waals surface area contributed by atoms with Gasteiger partial charge in [-0.2, -0.15) is 0 Å². The van der Waals surface area contributed by atoms with E-state index in [1.165, 1.54) is 11.8 Å². The topological polar surface area (TPSA) is 124 Å². The molecule has 0 saturated heterocycles. The number of fused-ring (bicyclic) bond motifs is 1. The number of aliphatic hydroxyl groups excluding tert-OH is 1. The van der Waals surface area contributed by atoms with Gasteiger partial charge in [0.2, 0.25) is 12.1 Å². The van der Waals surface area contributed by atoms with E-state index in [9.17, 15) is 19.5 Å². The molecular weight excluding hydrogens is 446 g/mol. The van der Waals surface area contributed by atoms with Gasteiger partial charge in [0.25, 0.3) is 11.8 Å². The van der Waals surface area contributed by atoms with Gasteiger partial charge in [0.1, 0.15) is 6.04 Å². The van der Waals surface area contributed by atoms with E-state index in [0.717, 1.165) is 0 Å². The number of amides is 3. The molecule has 4 rings (SSSR count). The maximum Gasteiger partial charge on any atom is 0.272 e. The average molecular weight is 472 g/mol. The van der Waals surface area contributed by atoms with Gasteiger partial charge >= 0.3 is 0 Å². The summed E-state index contributed by atoms with van der Waals surface area (Å²) in [6.45, 7) is 1.47. The van der Waals surface area contributed by atoms with Crippen LogP contribution in [0.5, 0.6) is 0 Å². The van der Waals surface area contributed by atoms with Crippen LogP contribution in [0.4, 0.5) is 5.69 Å². The predicted molar refractivity (Wildman–Crippen MR) is 131 cm³/mol. The lowest BCUT2D eigenvalue weighted by Crippen LogP contribution is -2.52. The first kappa shape index (κ1) is 23.8. The molecule has 0 aliphatic carbocycles. The Bertz CT molecular complexity index is 1260. The van der Waals surface area contributed by atoms with E-state index in [-0.39, 0.29) is 0 Å². The standard InChI is InChI=1S/C26H25N5O4/c1-16(28-25(34)22(32)17-10-4-3-5-11-17)24(33)30-23-26(35)31(2)20-14-7-6-12-18(20)21(29-23)19-13-8-9-15-27-19/h3-16,22-23,32H,1-2H3,(H,28,34)(H,30,33)/t16-,22?,23?/m0/s1. The number of aliphatic imine (C=N–C) groups is 1. The maximum atomic E-state index is 13.2. The molecule has 2 unspecified atom stereocenters. The van der Waals surface area contributed by atoms with Crippen molar-refractivity contribution in [1.29, 1.82) is 0 Å². The molecular formula is C26H25N5O4. The number of carbonyl (C=O) groups excluding carboxylic acids is 3. The third kappa shape index (κ3) is 5.10. The van der Waals surface area contributed by atoms with Gasteiger partial charge in [0, 0.05) is 18.8 Å². The van der Waals surface area contributed by atoms with Crippen molar-refractivity contribution >= 4 is 29.1 Å². The average Bonchev–Trinajstić information content (AvgIpc) is 2.99. The lowest BCUT2D eigenvalue weighted by molar-refractivity contribution is -0.134. The maximum absolute atomic E-state index is 13.2. The van der Waals surface area contributed by atoms with E-state index in [1.807, 2.05) is 24.3 Å². The van der Waals surface area contributed by atoms with Crippen molar-refractivity contribution < 1.29 is 19.5 Å². The Labute approximate surface area is 202 Å². The molecule has 3 aromatic rings. The molecule has 3 amide bonds. The summed E-state index contributed by atoms with van der Waals surface area (Å²) in [7, 11) is 1.61. The van der Waals surface area contributed by atoms with Crippen molar-refractivity contribution in [2.24, 2.45) is 4.99 Å². The molecule has 1 aliphatic heterocycles. The first-order chi connectivity index (χ1) is 16.9. The molecule has 2 heterocycles. The number of hydrogen-bond donors (Lipinski definition) is 3. The van der Waals surface area contributed by atoms with Gasteiger partial charge in [-0.25, -0.2) is 4.99 Å². The quantitative estimate of drug-likeness (QED) is 0.504. The largest absolute Gasteiger partial charge is 0.378 e. The number of hydrogen-bond acceptors (Lipinski definition) is 6. The highest BCUT2D eigenvalue weighted by atomic mass is 16.3. The Morgan fingerprint density at radius 1 is 0.971 bits per heavy atom. The SMILES string of the molecule is C[C@H](NC(=O)C(O)c1ccccc1)C(=O)NC1N=C(c2ccccn2)c2ccccc2N(C)C1=O. The molecule has 3 N–H and O–H groups in total. The number of rotatable bonds is 6. The number of aromatic nitrogens is 1. The highest BCUT2D eigenvalue weighted by Crippen LogP contribution is 2.26. The molecule has 0 fully saturated rings. The van der Waals surface area contributed by atoms with Gasteiger partial charge < -0.3 is 20.6 Å². The Morgan fingerprint density at radius 2 is 1.66 bits per heavy atom. The van der Waals surface area contributed by atoms with Crippen LogP contribution < -0.4 is 15.5 Å². The third-order valence-electron chi connectivity index (χ3n) is 5.65. The second kappa shape index (κ2) is 10.3. The van der Waals surface area contributed by atoms with Crippen molar-refractivity contribution in [2.45, 2.75) is 25.2 Å². The van der Waals surface area contributed by atoms with E-state index in [2.05, 4.69) is 20.6 Å². The third-order valence-corrected chi connectivity index (χ3v) is 5.65. The second-order valence-corrected chi connectivity index (χ2v) is 8.06. The number of nitrogens with zero attached hydrogens (tertiary/aromatic N) is 3. The van der Waals surface area contributed by atoms with Crippen molar-refractivity contribution in [3.63, 3.8) is 0 Å². The van der Waals surface area contributed by atoms with E-state index in [4.69, 9.17) is 0 Å². The first-order valence-electron chi connectivity index (χ1n) is 11.1. The van der Waals surface area contributed by atoms with Crippen LogP contribution in [0.3, 0.4) is 0 Å². The van der Waals surface area contributed by atoms with E-state index >= 15 is 0 Å². The zero-order chi connectivity index (χ0) is 24.9. The molecule has 178 valence electrons. The molecule has 2 aromatic carbocycles. The fraction of sp³-hybridized carbons (Fsp3) is 0.192. The Balaban J connectivity index is 1.56. The van der Waals surface area contributed by atoms with Crippen molar-refractivity contribution in [2.75, 3.05) is 11.9 Å². The summed E-state index contributed by atoms with van der Waals surface area (Å²) in [6, 6.07) is 20.0. The predicted octanol–water partition coefficient (Wildman–Crippen LogP) is 1.58. The van der Waals surface area contributed by atoms with E-state index in [1.54, 1.807) is 61.8 Å². The monoisotopic (exact) mass is 471 g/mol. The summed E-state index contributed by atoms with van der Waals surface area (Å²) in [4.78, 5) is 49.0. The summed E-state index contributed by atoms with van der Waals surface area (Å²) in [5.74, 6) is -1.80. The zero-order valence-electron chi connectivity index (χ0n) is 19.3. The summed E-state index contributed by atoms with van der Waals surface area (Å²) in [6.07, 6.45) is -1.05. The number of anilines is 1. The minimum atomic E-state index is -1.43. The van der Waals surface area contributed by atoms with Gasteiger partial charge in [0.05, 0.1) is 17.1 Å². The number of benzodiazepines with no additional fused rings is 1. The number of pyridine rings is 1. The van der Waals surface area contributed by atoms with Crippen molar-refractivity contribution in [1.82, 2.24) is 15.6 Å². The molecule has 35 heavy (non-hydrogen) atoms. The summed E-state index contributed by atoms with van der Waals surface area (Å²) < 4.78 is 0. The molecule has 9 heteroatoms. The normalized spacial score (nSPS) is 16.9. The smallest absolute Gasteiger partial charge is 0.272 e. The highest BCUT2D eigenvalue weighted by Gasteiger charge is 2.32. The molecule has 0 bridgehead atoms. The minimum Gasteiger partial charge on any atom is -0.378 e. The summed E-state index contributed by atoms with van der Waals surface area (Å²) >= 11 is 0. The van der Waals surface area contributed by atoms with E-state index in [0.29, 0.717) is 28.2 Å². The highest BCUT2D eigenvalue weighted by molar-refractivity contribution is 6.19. The first-order valence-corrected chi connectivity index (χ1v) is 11.1. The fourth-order valence-electron chi connectivity index (χ4n) is 3.73. The Kier molecular flexibility index (Phi) is 6.98. The number of carbonyl (C=O) groups is 3. The minimum absolute atomic E-state index is 0.403. The second-order valence-electron chi connectivity index (χ2n) is 8.06. The van der Waals surface area contributed by atoms with Gasteiger partial charge in [-0.3, -0.25) is 19.4 Å². The van der Waals surface area contributed by atoms with Gasteiger partial charge in [0.15, 0.2) is 6.10 Å². The number of aliphatic hydroxyl groups is 1. The molecule has 3 atom stereocenters. The Morgan fingerprint density at radius 3 is 2.37 bits per heavy atom. The number of para-hydroxylation sites is 1. The number of likely N-dealkylation sites (N-methyl/N-ethyl adjacent to an activating group) is 1. The molecule has 0 radical (unpaired) electrons. The fourth-order valence-corrected chi connectivity index (χ4v) is 3.73. The van der Waals surface area contributed by atoms with Gasteiger partial charge in [-0.05, 0) is 30.7 Å². The van der Waals surface area contributed by atoms with Crippen LogP contribution in [-0.4, -0.2) is 52.8 Å². The van der Waals surface area contributed by atoms with Crippen molar-refractivity contribution in [3.8, 4) is 0 Å². The molecule has 0 spiro atoms. The Hall–Kier alpha value is -4.37. The molecule has 9 nitrogen and oxygen atoms in total. The van der Waals surface area contributed by atoms with Crippen molar-refractivity contribution in [3.05, 3.63) is 95.8 Å². The van der Waals surface area contributed by atoms with Crippen LogP contribution in [0.25, 0.3) is 0 Å². The van der Waals surface area contributed by atoms with Crippen LogP contribution in [-0.2, 0) is 14.4 Å². The van der Waals surface area contributed by atoms with Gasteiger partial charge in [-0.15, -0.1) is 0 Å². The lowest BCUT2D eigenvalue weighted by atomic mass is 10.0. The lowest BCUT2D eigenvalue weighted by Gasteiger charge is -2.22. The van der Waals surface area contributed by atoms with Gasteiger partial charge in [-0.1, -0.05) is 54.6 Å². The van der Waals surface area contributed by atoms with Crippen LogP contribution in [0.2, 0.25) is 0 Å². The molecule has 0 saturated carbocycles. The summed E-state index contributed by atoms with van der Waals surface area (Å²) in [5.41, 5.74) is 2.74. The van der Waals surface area contributed by atoms with Crippen LogP contribution >= 0.6 is 0 Å². The number of nitrogens with one attached hydrogen (secondary N) is 2. The molecule has 1 aromatic heterocycles. The van der Waals surface area contributed by atoms with Crippen LogP contribution in [0.1, 0.15) is 29.8 Å². The number of benzene rings is 2. The van der Waals surface area contributed by atoms with Crippen LogP contribution in [0, 0.1) is 0 Å².